The summed E-state index contributed by atoms with van der Waals surface area (Å²) in [5.41, 5.74) is 4.93. The zero-order chi connectivity index (χ0) is 21.5. The summed E-state index contributed by atoms with van der Waals surface area (Å²) >= 11 is 0. The Labute approximate surface area is 182 Å². The van der Waals surface area contributed by atoms with Gasteiger partial charge >= 0.3 is 0 Å². The Morgan fingerprint density at radius 3 is 1.81 bits per heavy atom. The topological polar surface area (TPSA) is 50.4 Å². The van der Waals surface area contributed by atoms with E-state index in [1.807, 2.05) is 97.1 Å². The van der Waals surface area contributed by atoms with Gasteiger partial charge in [0.15, 0.2) is 6.10 Å². The molecular weight excluding hydrogens is 384 g/mol. The molecule has 0 aliphatic rings. The van der Waals surface area contributed by atoms with Gasteiger partial charge in [0.25, 0.3) is 5.91 Å². The van der Waals surface area contributed by atoms with Gasteiger partial charge in [-0.2, -0.15) is 0 Å². The molecular formula is C27H24N2O2. The molecule has 0 aromatic heterocycles. The number of carbonyl (C=O) groups excluding carboxylic acids is 1. The van der Waals surface area contributed by atoms with Crippen molar-refractivity contribution in [1.29, 1.82) is 0 Å². The molecule has 4 aromatic rings. The maximum atomic E-state index is 12.5. The zero-order valence-corrected chi connectivity index (χ0v) is 17.3. The third kappa shape index (κ3) is 5.52. The normalized spacial score (nSPS) is 11.4. The van der Waals surface area contributed by atoms with E-state index in [4.69, 9.17) is 4.74 Å². The number of rotatable bonds is 7. The number of anilines is 3. The Morgan fingerprint density at radius 2 is 1.16 bits per heavy atom. The number of amides is 1. The van der Waals surface area contributed by atoms with E-state index in [-0.39, 0.29) is 5.91 Å². The first-order valence-electron chi connectivity index (χ1n) is 10.2. The van der Waals surface area contributed by atoms with Crippen molar-refractivity contribution in [1.82, 2.24) is 0 Å². The van der Waals surface area contributed by atoms with Crippen molar-refractivity contribution >= 4 is 23.0 Å². The zero-order valence-electron chi connectivity index (χ0n) is 17.3. The van der Waals surface area contributed by atoms with Crippen LogP contribution in [0.15, 0.2) is 109 Å². The van der Waals surface area contributed by atoms with Gasteiger partial charge in [-0.05, 0) is 66.6 Å². The molecule has 0 saturated heterocycles. The Morgan fingerprint density at radius 1 is 0.645 bits per heavy atom. The average molecular weight is 409 g/mol. The van der Waals surface area contributed by atoms with Gasteiger partial charge in [-0.3, -0.25) is 4.79 Å². The first-order chi connectivity index (χ1) is 15.2. The predicted octanol–water partition coefficient (Wildman–Crippen LogP) is 6.50. The van der Waals surface area contributed by atoms with Gasteiger partial charge in [0.1, 0.15) is 5.75 Å². The molecule has 0 aliphatic heterocycles. The second-order valence-electron chi connectivity index (χ2n) is 7.21. The van der Waals surface area contributed by atoms with Crippen molar-refractivity contribution < 1.29 is 9.53 Å². The fourth-order valence-electron chi connectivity index (χ4n) is 3.18. The smallest absolute Gasteiger partial charge is 0.265 e. The highest BCUT2D eigenvalue weighted by Gasteiger charge is 2.15. The van der Waals surface area contributed by atoms with E-state index in [1.54, 1.807) is 6.92 Å². The number of carbonyl (C=O) groups is 1. The van der Waals surface area contributed by atoms with E-state index >= 15 is 0 Å². The van der Waals surface area contributed by atoms with Gasteiger partial charge in [0.05, 0.1) is 0 Å². The second-order valence-corrected chi connectivity index (χ2v) is 7.21. The Hall–Kier alpha value is -4.05. The van der Waals surface area contributed by atoms with Crippen molar-refractivity contribution in [3.63, 3.8) is 0 Å². The molecule has 4 aromatic carbocycles. The van der Waals surface area contributed by atoms with Gasteiger partial charge in [-0.25, -0.2) is 0 Å². The largest absolute Gasteiger partial charge is 0.481 e. The lowest BCUT2D eigenvalue weighted by atomic mass is 10.1. The first-order valence-corrected chi connectivity index (χ1v) is 10.2. The fraction of sp³-hybridized carbons (Fsp3) is 0.0741. The monoisotopic (exact) mass is 408 g/mol. The Balaban J connectivity index is 1.32. The molecule has 0 spiro atoms. The van der Waals surface area contributed by atoms with Crippen LogP contribution in [-0.2, 0) is 4.79 Å². The van der Waals surface area contributed by atoms with Crippen LogP contribution < -0.4 is 15.4 Å². The maximum Gasteiger partial charge on any atom is 0.265 e. The van der Waals surface area contributed by atoms with Crippen LogP contribution >= 0.6 is 0 Å². The van der Waals surface area contributed by atoms with Crippen molar-refractivity contribution in [2.45, 2.75) is 13.0 Å². The summed E-state index contributed by atoms with van der Waals surface area (Å²) in [6, 6.07) is 35.4. The quantitative estimate of drug-likeness (QED) is 0.367. The van der Waals surface area contributed by atoms with Crippen LogP contribution in [0.5, 0.6) is 5.75 Å². The van der Waals surface area contributed by atoms with Crippen LogP contribution in [0.3, 0.4) is 0 Å². The van der Waals surface area contributed by atoms with Gasteiger partial charge in [0, 0.05) is 17.1 Å². The lowest BCUT2D eigenvalue weighted by Crippen LogP contribution is -2.30. The highest BCUT2D eigenvalue weighted by Crippen LogP contribution is 2.23. The van der Waals surface area contributed by atoms with E-state index < -0.39 is 6.10 Å². The highest BCUT2D eigenvalue weighted by molar-refractivity contribution is 5.94. The number of para-hydroxylation sites is 1. The van der Waals surface area contributed by atoms with Crippen LogP contribution in [0, 0.1) is 0 Å². The lowest BCUT2D eigenvalue weighted by Gasteiger charge is -2.15. The minimum atomic E-state index is -0.621. The first kappa shape index (κ1) is 20.2. The van der Waals surface area contributed by atoms with E-state index in [2.05, 4.69) is 22.8 Å². The molecule has 4 heteroatoms. The third-order valence-corrected chi connectivity index (χ3v) is 4.86. The van der Waals surface area contributed by atoms with Crippen molar-refractivity contribution in [2.75, 3.05) is 10.6 Å². The number of nitrogens with one attached hydrogen (secondary N) is 2. The molecule has 0 bridgehead atoms. The molecule has 31 heavy (non-hydrogen) atoms. The second kappa shape index (κ2) is 9.63. The molecule has 0 saturated carbocycles. The molecule has 1 amide bonds. The minimum absolute atomic E-state index is 0.198. The van der Waals surface area contributed by atoms with E-state index in [0.717, 1.165) is 28.2 Å². The summed E-state index contributed by atoms with van der Waals surface area (Å²) in [5.74, 6) is 0.459. The number of benzene rings is 4. The van der Waals surface area contributed by atoms with Gasteiger partial charge < -0.3 is 15.4 Å². The molecule has 4 rings (SSSR count). The molecule has 0 fully saturated rings. The summed E-state index contributed by atoms with van der Waals surface area (Å²) in [5, 5.41) is 6.22. The SMILES string of the molecule is CC(Oc1ccc(-c2ccccc2)cc1)C(=O)Nc1ccc(Nc2ccccc2)cc1. The molecule has 1 unspecified atom stereocenters. The number of hydrogen-bond acceptors (Lipinski definition) is 3. The third-order valence-electron chi connectivity index (χ3n) is 4.86. The molecule has 0 heterocycles. The molecule has 0 radical (unpaired) electrons. The average Bonchev–Trinajstić information content (AvgIpc) is 2.82. The number of hydrogen-bond donors (Lipinski definition) is 2. The van der Waals surface area contributed by atoms with Gasteiger partial charge in [-0.15, -0.1) is 0 Å². The van der Waals surface area contributed by atoms with Gasteiger partial charge in [0.2, 0.25) is 0 Å². The van der Waals surface area contributed by atoms with Crippen LogP contribution in [0.4, 0.5) is 17.1 Å². The van der Waals surface area contributed by atoms with Crippen molar-refractivity contribution in [3.05, 3.63) is 109 Å². The van der Waals surface area contributed by atoms with Gasteiger partial charge in [-0.1, -0.05) is 60.7 Å². The molecule has 1 atom stereocenters. The summed E-state index contributed by atoms with van der Waals surface area (Å²) in [4.78, 5) is 12.5. The van der Waals surface area contributed by atoms with E-state index in [9.17, 15) is 4.79 Å². The minimum Gasteiger partial charge on any atom is -0.481 e. The molecule has 0 aliphatic carbocycles. The van der Waals surface area contributed by atoms with E-state index in [0.29, 0.717) is 5.75 Å². The maximum absolute atomic E-state index is 12.5. The lowest BCUT2D eigenvalue weighted by molar-refractivity contribution is -0.122. The number of ether oxygens (including phenoxy) is 1. The molecule has 4 nitrogen and oxygen atoms in total. The van der Waals surface area contributed by atoms with E-state index in [1.165, 1.54) is 0 Å². The summed E-state index contributed by atoms with van der Waals surface area (Å²) in [6.07, 6.45) is -0.621. The molecule has 2 N–H and O–H groups in total. The standard InChI is InChI=1S/C27H24N2O2/c1-20(31-26-18-12-22(13-19-26)21-8-4-2-5-9-21)27(30)29-25-16-14-24(15-17-25)28-23-10-6-3-7-11-23/h2-20,28H,1H3,(H,29,30). The van der Waals surface area contributed by atoms with Crippen LogP contribution in [-0.4, -0.2) is 12.0 Å². The summed E-state index contributed by atoms with van der Waals surface area (Å²) in [6.45, 7) is 1.74. The highest BCUT2D eigenvalue weighted by atomic mass is 16.5. The van der Waals surface area contributed by atoms with Crippen molar-refractivity contribution in [2.24, 2.45) is 0 Å². The van der Waals surface area contributed by atoms with Crippen molar-refractivity contribution in [3.8, 4) is 16.9 Å². The Bertz CT molecular complexity index is 1110. The van der Waals surface area contributed by atoms with Crippen LogP contribution in [0.2, 0.25) is 0 Å². The van der Waals surface area contributed by atoms with Crippen LogP contribution in [0.1, 0.15) is 6.92 Å². The molecule has 154 valence electrons. The summed E-state index contributed by atoms with van der Waals surface area (Å²) in [7, 11) is 0. The Kier molecular flexibility index (Phi) is 6.29. The summed E-state index contributed by atoms with van der Waals surface area (Å²) < 4.78 is 5.82. The van der Waals surface area contributed by atoms with Crippen LogP contribution in [0.25, 0.3) is 11.1 Å². The predicted molar refractivity (Wildman–Crippen MR) is 127 cm³/mol. The fourth-order valence-corrected chi connectivity index (χ4v) is 3.18.